The first-order valence-electron chi connectivity index (χ1n) is 14.0. The number of hydrogen-bond donors (Lipinski definition) is 0. The van der Waals surface area contributed by atoms with Crippen molar-refractivity contribution in [1.82, 2.24) is 0 Å². The van der Waals surface area contributed by atoms with Crippen molar-refractivity contribution in [2.75, 3.05) is 58.4 Å². The number of thioether (sulfide) groups is 6. The second-order valence-electron chi connectivity index (χ2n) is 9.63. The minimum absolute atomic E-state index is 0.287. The van der Waals surface area contributed by atoms with Gasteiger partial charge in [-0.25, -0.2) is 9.59 Å². The summed E-state index contributed by atoms with van der Waals surface area (Å²) in [6.07, 6.45) is 1.65. The van der Waals surface area contributed by atoms with Crippen LogP contribution in [-0.4, -0.2) is 98.5 Å². The molecule has 5 unspecified atom stereocenters. The normalized spacial score (nSPS) is 21.1. The standard InChI is InChI=1S/C30H42O6S6/c1-4-28(31)35-22(3)30(42-21-27-19-38-10-12-41-27)34-15-24-8-6-7-23(13-24)14-33-16-25(36-29(32)5-2)17-39-20-26-18-37-9-11-40-26/h4-8,13,22,25-27,30H,1-2,9-12,14-21H2,3H3. The Morgan fingerprint density at radius 1 is 0.952 bits per heavy atom. The van der Waals surface area contributed by atoms with Crippen LogP contribution in [0.1, 0.15) is 18.1 Å². The Hall–Kier alpha value is -0.340. The minimum atomic E-state index is -0.444. The van der Waals surface area contributed by atoms with E-state index in [1.54, 1.807) is 11.8 Å². The lowest BCUT2D eigenvalue weighted by atomic mass is 10.1. The Labute approximate surface area is 276 Å². The molecular formula is C30H42O6S6. The van der Waals surface area contributed by atoms with Crippen molar-refractivity contribution in [1.29, 1.82) is 0 Å². The highest BCUT2D eigenvalue weighted by atomic mass is 32.2. The minimum Gasteiger partial charge on any atom is -0.456 e. The van der Waals surface area contributed by atoms with Gasteiger partial charge in [0.2, 0.25) is 0 Å². The summed E-state index contributed by atoms with van der Waals surface area (Å²) in [6.45, 7) is 10.0. The smallest absolute Gasteiger partial charge is 0.330 e. The molecule has 0 aromatic heterocycles. The molecule has 42 heavy (non-hydrogen) atoms. The molecule has 1 aromatic carbocycles. The number of benzene rings is 1. The predicted octanol–water partition coefficient (Wildman–Crippen LogP) is 6.43. The van der Waals surface area contributed by atoms with Crippen LogP contribution in [-0.2, 0) is 41.8 Å². The molecule has 2 saturated heterocycles. The van der Waals surface area contributed by atoms with E-state index < -0.39 is 18.0 Å². The molecule has 234 valence electrons. The maximum atomic E-state index is 11.9. The lowest BCUT2D eigenvalue weighted by Gasteiger charge is -2.27. The average molecular weight is 691 g/mol. The second kappa shape index (κ2) is 21.4. The first kappa shape index (κ1) is 36.1. The van der Waals surface area contributed by atoms with Gasteiger partial charge in [-0.05, 0) is 18.1 Å². The van der Waals surface area contributed by atoms with E-state index in [4.69, 9.17) is 18.9 Å². The van der Waals surface area contributed by atoms with Gasteiger partial charge >= 0.3 is 11.9 Å². The third-order valence-electron chi connectivity index (χ3n) is 6.10. The zero-order valence-corrected chi connectivity index (χ0v) is 29.0. The van der Waals surface area contributed by atoms with Gasteiger partial charge in [0.25, 0.3) is 0 Å². The van der Waals surface area contributed by atoms with Crippen molar-refractivity contribution in [2.24, 2.45) is 0 Å². The molecule has 0 amide bonds. The highest BCUT2D eigenvalue weighted by Crippen LogP contribution is 2.30. The number of carbonyl (C=O) groups excluding carboxylic acids is 2. The van der Waals surface area contributed by atoms with E-state index >= 15 is 0 Å². The van der Waals surface area contributed by atoms with Crippen molar-refractivity contribution in [3.8, 4) is 0 Å². The molecule has 0 radical (unpaired) electrons. The number of carbonyl (C=O) groups is 2. The average Bonchev–Trinajstić information content (AvgIpc) is 3.02. The molecule has 0 aliphatic carbocycles. The SMILES string of the molecule is C=CC(=O)OC(COCc1cccc(COC(SCC2CSCCS2)C(C)OC(=O)C=C)c1)CSCC1CSCCS1. The molecule has 6 nitrogen and oxygen atoms in total. The highest BCUT2D eigenvalue weighted by molar-refractivity contribution is 8.08. The molecule has 5 atom stereocenters. The van der Waals surface area contributed by atoms with Crippen LogP contribution in [0.3, 0.4) is 0 Å². The zero-order chi connectivity index (χ0) is 30.0. The monoisotopic (exact) mass is 690 g/mol. The lowest BCUT2D eigenvalue weighted by molar-refractivity contribution is -0.146. The molecule has 12 heteroatoms. The fraction of sp³-hybridized carbons (Fsp3) is 0.600. The fourth-order valence-electron chi connectivity index (χ4n) is 4.03. The Morgan fingerprint density at radius 3 is 2.24 bits per heavy atom. The summed E-state index contributed by atoms with van der Waals surface area (Å²) in [5, 5.41) is 1.22. The predicted molar refractivity (Wildman–Crippen MR) is 187 cm³/mol. The third-order valence-corrected chi connectivity index (χ3v) is 14.9. The van der Waals surface area contributed by atoms with E-state index in [0.29, 0.717) is 36.1 Å². The Morgan fingerprint density at radius 2 is 1.60 bits per heavy atom. The molecule has 2 aliphatic heterocycles. The topological polar surface area (TPSA) is 71.1 Å². The van der Waals surface area contributed by atoms with Crippen LogP contribution in [0, 0.1) is 0 Å². The van der Waals surface area contributed by atoms with Crippen molar-refractivity contribution >= 4 is 82.5 Å². The molecule has 2 heterocycles. The summed E-state index contributed by atoms with van der Waals surface area (Å²) in [7, 11) is 0. The van der Waals surface area contributed by atoms with Crippen molar-refractivity contribution in [3.05, 3.63) is 60.7 Å². The van der Waals surface area contributed by atoms with Gasteiger partial charge in [0.05, 0.1) is 19.8 Å². The number of ether oxygens (including phenoxy) is 4. The summed E-state index contributed by atoms with van der Waals surface area (Å²) < 4.78 is 23.4. The van der Waals surface area contributed by atoms with Gasteiger partial charge in [0, 0.05) is 74.4 Å². The van der Waals surface area contributed by atoms with E-state index in [1.807, 2.05) is 83.9 Å². The van der Waals surface area contributed by atoms with Crippen molar-refractivity contribution in [2.45, 2.75) is 48.3 Å². The van der Waals surface area contributed by atoms with E-state index in [1.165, 1.54) is 40.9 Å². The van der Waals surface area contributed by atoms with Gasteiger partial charge in [-0.2, -0.15) is 58.8 Å². The molecule has 0 bridgehead atoms. The van der Waals surface area contributed by atoms with Gasteiger partial charge in [0.1, 0.15) is 17.6 Å². The van der Waals surface area contributed by atoms with Crippen LogP contribution in [0.4, 0.5) is 0 Å². The van der Waals surface area contributed by atoms with Gasteiger partial charge in [-0.3, -0.25) is 0 Å². The summed E-state index contributed by atoms with van der Waals surface area (Å²) in [5.74, 6) is 8.96. The van der Waals surface area contributed by atoms with Gasteiger partial charge in [-0.15, -0.1) is 11.8 Å². The molecule has 2 fully saturated rings. The molecule has 1 aromatic rings. The third kappa shape index (κ3) is 14.6. The lowest BCUT2D eigenvalue weighted by Crippen LogP contribution is -2.30. The summed E-state index contributed by atoms with van der Waals surface area (Å²) in [6, 6.07) is 8.08. The van der Waals surface area contributed by atoms with Crippen LogP contribution in [0.5, 0.6) is 0 Å². The van der Waals surface area contributed by atoms with E-state index in [2.05, 4.69) is 19.2 Å². The van der Waals surface area contributed by atoms with Crippen molar-refractivity contribution < 1.29 is 28.5 Å². The molecular weight excluding hydrogens is 649 g/mol. The number of rotatable bonds is 19. The van der Waals surface area contributed by atoms with Gasteiger partial charge in [0.15, 0.2) is 0 Å². The Bertz CT molecular complexity index is 969. The molecule has 2 aliphatic rings. The maximum Gasteiger partial charge on any atom is 0.330 e. The zero-order valence-electron chi connectivity index (χ0n) is 24.1. The van der Waals surface area contributed by atoms with Crippen LogP contribution in [0.25, 0.3) is 0 Å². The van der Waals surface area contributed by atoms with Gasteiger partial charge in [-0.1, -0.05) is 37.4 Å². The summed E-state index contributed by atoms with van der Waals surface area (Å²) >= 11 is 11.6. The Balaban J connectivity index is 1.48. The molecule has 0 saturated carbocycles. The highest BCUT2D eigenvalue weighted by Gasteiger charge is 2.25. The molecule has 0 spiro atoms. The van der Waals surface area contributed by atoms with E-state index in [9.17, 15) is 9.59 Å². The van der Waals surface area contributed by atoms with Crippen LogP contribution in [0.15, 0.2) is 49.6 Å². The Kier molecular flexibility index (Phi) is 18.4. The number of esters is 2. The van der Waals surface area contributed by atoms with E-state index in [-0.39, 0.29) is 11.5 Å². The maximum absolute atomic E-state index is 11.9. The van der Waals surface area contributed by atoms with E-state index in [0.717, 1.165) is 28.4 Å². The second-order valence-corrected chi connectivity index (χ2v) is 17.0. The first-order valence-corrected chi connectivity index (χ1v) is 20.6. The van der Waals surface area contributed by atoms with Gasteiger partial charge < -0.3 is 18.9 Å². The van der Waals surface area contributed by atoms with Crippen LogP contribution in [0.2, 0.25) is 0 Å². The molecule has 0 N–H and O–H groups in total. The number of hydrogen-bond acceptors (Lipinski definition) is 12. The first-order chi connectivity index (χ1) is 20.5. The van der Waals surface area contributed by atoms with Crippen molar-refractivity contribution in [3.63, 3.8) is 0 Å². The largest absolute Gasteiger partial charge is 0.456 e. The molecule has 3 rings (SSSR count). The summed E-state index contributed by atoms with van der Waals surface area (Å²) in [4.78, 5) is 23.7. The summed E-state index contributed by atoms with van der Waals surface area (Å²) in [5.41, 5.74) is 1.74. The fourth-order valence-corrected chi connectivity index (χ4v) is 12.4. The van der Waals surface area contributed by atoms with Crippen LogP contribution < -0.4 is 0 Å². The van der Waals surface area contributed by atoms with Crippen LogP contribution >= 0.6 is 70.6 Å². The quantitative estimate of drug-likeness (QED) is 0.0914.